The number of aliphatic carboxylic acids is 1. The lowest BCUT2D eigenvalue weighted by Crippen LogP contribution is -2.38. The minimum absolute atomic E-state index is 0.0470. The second-order valence-corrected chi connectivity index (χ2v) is 10.0. The molecular formula is C27H24F5NO6S. The van der Waals surface area contributed by atoms with E-state index in [9.17, 15) is 35.2 Å². The molecule has 1 N–H and O–H groups in total. The predicted molar refractivity (Wildman–Crippen MR) is 138 cm³/mol. The van der Waals surface area contributed by atoms with Gasteiger partial charge in [-0.2, -0.15) is 22.0 Å². The number of carboxylic acids is 1. The Bertz CT molecular complexity index is 1470. The zero-order valence-electron chi connectivity index (χ0n) is 20.9. The average molecular weight is 586 g/mol. The van der Waals surface area contributed by atoms with Gasteiger partial charge in [0, 0.05) is 12.5 Å². The zero-order chi connectivity index (χ0) is 29.5. The highest BCUT2D eigenvalue weighted by Gasteiger charge is 2.33. The summed E-state index contributed by atoms with van der Waals surface area (Å²) in [4.78, 5) is 9.11. The number of hydrogen-bond acceptors (Lipinski definition) is 5. The molecule has 0 radical (unpaired) electrons. The summed E-state index contributed by atoms with van der Waals surface area (Å²) in [6.45, 7) is -1.52. The van der Waals surface area contributed by atoms with Gasteiger partial charge < -0.3 is 14.6 Å². The number of ether oxygens (including phenoxy) is 2. The molecule has 0 spiro atoms. The molecule has 1 heterocycles. The smallest absolute Gasteiger partial charge is 0.416 e. The lowest BCUT2D eigenvalue weighted by atomic mass is 10.0. The Morgan fingerprint density at radius 2 is 1.77 bits per heavy atom. The van der Waals surface area contributed by atoms with Crippen molar-refractivity contribution in [1.82, 2.24) is 0 Å². The summed E-state index contributed by atoms with van der Waals surface area (Å²) in [5.41, 5.74) is -0.245. The fourth-order valence-electron chi connectivity index (χ4n) is 3.59. The van der Waals surface area contributed by atoms with Crippen LogP contribution in [0.5, 0.6) is 11.5 Å². The van der Waals surface area contributed by atoms with Gasteiger partial charge >= 0.3 is 18.8 Å². The van der Waals surface area contributed by atoms with Gasteiger partial charge in [0.15, 0.2) is 0 Å². The van der Waals surface area contributed by atoms with Crippen LogP contribution in [0.2, 0.25) is 0 Å². The van der Waals surface area contributed by atoms with Crippen LogP contribution in [0.15, 0.2) is 71.6 Å². The Balaban J connectivity index is 0.000000810. The molecule has 0 amide bonds. The van der Waals surface area contributed by atoms with E-state index in [0.717, 1.165) is 16.4 Å². The van der Waals surface area contributed by atoms with Crippen molar-refractivity contribution in [3.63, 3.8) is 0 Å². The van der Waals surface area contributed by atoms with Crippen molar-refractivity contribution in [2.45, 2.75) is 31.0 Å². The van der Waals surface area contributed by atoms with Gasteiger partial charge in [0.25, 0.3) is 10.0 Å². The van der Waals surface area contributed by atoms with Crippen molar-refractivity contribution < 1.29 is 49.7 Å². The van der Waals surface area contributed by atoms with Gasteiger partial charge in [0.2, 0.25) is 0 Å². The quantitative estimate of drug-likeness (QED) is 0.250. The number of hydrogen-bond donors (Lipinski definition) is 1. The number of alkyl halides is 5. The molecule has 1 aliphatic heterocycles. The molecule has 0 saturated heterocycles. The van der Waals surface area contributed by atoms with Crippen LogP contribution >= 0.6 is 0 Å². The molecule has 1 aliphatic rings. The highest BCUT2D eigenvalue weighted by Crippen LogP contribution is 2.37. The van der Waals surface area contributed by atoms with E-state index in [4.69, 9.17) is 9.84 Å². The molecule has 0 atom stereocenters. The normalized spacial score (nSPS) is 13.3. The Morgan fingerprint density at radius 3 is 2.42 bits per heavy atom. The second-order valence-electron chi connectivity index (χ2n) is 8.17. The summed E-state index contributed by atoms with van der Waals surface area (Å²) >= 11 is 0. The molecule has 3 aromatic rings. The number of fused-ring (bicyclic) bond motifs is 1. The van der Waals surface area contributed by atoms with Crippen LogP contribution in [0.3, 0.4) is 0 Å². The van der Waals surface area contributed by atoms with Gasteiger partial charge in [-0.1, -0.05) is 49.4 Å². The third-order valence-corrected chi connectivity index (χ3v) is 7.26. The van der Waals surface area contributed by atoms with Crippen LogP contribution < -0.4 is 13.8 Å². The van der Waals surface area contributed by atoms with Crippen LogP contribution in [0.25, 0.3) is 12.2 Å². The molecule has 4 rings (SSSR count). The van der Waals surface area contributed by atoms with Gasteiger partial charge in [-0.15, -0.1) is 0 Å². The number of nitrogens with zero attached hydrogens (tertiary/aromatic N) is 1. The molecule has 40 heavy (non-hydrogen) atoms. The summed E-state index contributed by atoms with van der Waals surface area (Å²) in [5, 5.41) is 7.72. The van der Waals surface area contributed by atoms with Gasteiger partial charge in [0.1, 0.15) is 18.1 Å². The summed E-state index contributed by atoms with van der Waals surface area (Å²) in [7, 11) is -4.19. The minimum Gasteiger partial charge on any atom is -0.489 e. The Labute approximate surface area is 227 Å². The van der Waals surface area contributed by atoms with Crippen molar-refractivity contribution in [2.24, 2.45) is 0 Å². The maximum Gasteiger partial charge on any atom is 0.416 e. The fourth-order valence-corrected chi connectivity index (χ4v) is 5.07. The highest BCUT2D eigenvalue weighted by atomic mass is 32.2. The molecule has 0 aromatic heterocycles. The molecule has 3 aromatic carbocycles. The number of carboxylic acid groups (broad SMARTS) is 1. The molecule has 0 unspecified atom stereocenters. The molecule has 0 saturated carbocycles. The summed E-state index contributed by atoms with van der Waals surface area (Å²) in [6, 6.07) is 14.4. The van der Waals surface area contributed by atoms with Crippen molar-refractivity contribution >= 4 is 33.8 Å². The highest BCUT2D eigenvalue weighted by molar-refractivity contribution is 7.92. The lowest BCUT2D eigenvalue weighted by Gasteiger charge is -2.30. The lowest BCUT2D eigenvalue weighted by molar-refractivity contribution is -0.138. The van der Waals surface area contributed by atoms with Crippen molar-refractivity contribution in [3.8, 4) is 11.5 Å². The standard InChI is InChI=1S/C24H18F5NO4S.C3H6O2/c25-23(26)34-18-5-3-6-19(15-18)35(31,32)30-12-13-33-22-11-9-16(14-21(22)30)8-10-17-4-1-2-7-20(17)24(27,28)29;1-2-3(4)5/h1-11,14-15,23H,12-13H2;2H2,1H3,(H,4,5)/b10-8+;. The first-order valence-corrected chi connectivity index (χ1v) is 13.2. The third-order valence-electron chi connectivity index (χ3n) is 5.45. The van der Waals surface area contributed by atoms with E-state index in [-0.39, 0.29) is 47.2 Å². The van der Waals surface area contributed by atoms with Crippen LogP contribution in [0.4, 0.5) is 27.6 Å². The van der Waals surface area contributed by atoms with Crippen molar-refractivity contribution in [1.29, 1.82) is 0 Å². The third kappa shape index (κ3) is 7.72. The molecular weight excluding hydrogens is 561 g/mol. The Kier molecular flexibility index (Phi) is 9.74. The number of benzene rings is 3. The van der Waals surface area contributed by atoms with Crippen molar-refractivity contribution in [3.05, 3.63) is 83.4 Å². The first-order valence-electron chi connectivity index (χ1n) is 11.7. The van der Waals surface area contributed by atoms with Crippen LogP contribution in [-0.2, 0) is 21.0 Å². The van der Waals surface area contributed by atoms with E-state index in [1.165, 1.54) is 60.7 Å². The molecule has 214 valence electrons. The number of halogens is 5. The molecule has 7 nitrogen and oxygen atoms in total. The summed E-state index contributed by atoms with van der Waals surface area (Å²) < 4.78 is 102. The van der Waals surface area contributed by atoms with Crippen molar-refractivity contribution in [2.75, 3.05) is 17.5 Å². The number of carbonyl (C=O) groups is 1. The Morgan fingerprint density at radius 1 is 1.07 bits per heavy atom. The van der Waals surface area contributed by atoms with E-state index in [1.54, 1.807) is 13.0 Å². The second kappa shape index (κ2) is 12.8. The maximum absolute atomic E-state index is 13.3. The summed E-state index contributed by atoms with van der Waals surface area (Å²) in [6.07, 6.45) is -1.59. The largest absolute Gasteiger partial charge is 0.489 e. The average Bonchev–Trinajstić information content (AvgIpc) is 2.91. The number of anilines is 1. The molecule has 0 aliphatic carbocycles. The first kappa shape index (κ1) is 30.4. The Hall–Kier alpha value is -4.13. The van der Waals surface area contributed by atoms with Gasteiger partial charge in [0.05, 0.1) is 22.7 Å². The first-order chi connectivity index (χ1) is 18.8. The van der Waals surface area contributed by atoms with Gasteiger partial charge in [-0.25, -0.2) is 8.42 Å². The zero-order valence-corrected chi connectivity index (χ0v) is 21.8. The maximum atomic E-state index is 13.3. The topological polar surface area (TPSA) is 93.1 Å². The minimum atomic E-state index is -4.53. The SMILES string of the molecule is CCC(=O)O.O=S(=O)(c1cccc(OC(F)F)c1)N1CCOc2ccc(/C=C/c3ccccc3C(F)(F)F)cc21. The molecule has 0 bridgehead atoms. The number of sulfonamides is 1. The van der Waals surface area contributed by atoms with E-state index in [1.807, 2.05) is 0 Å². The van der Waals surface area contributed by atoms with Crippen LogP contribution in [-0.4, -0.2) is 39.3 Å². The monoisotopic (exact) mass is 585 g/mol. The van der Waals surface area contributed by atoms with E-state index < -0.39 is 34.3 Å². The predicted octanol–water partition coefficient (Wildman–Crippen LogP) is 6.55. The van der Waals surface area contributed by atoms with Crippen LogP contribution in [0, 0.1) is 0 Å². The van der Waals surface area contributed by atoms with Crippen LogP contribution in [0.1, 0.15) is 30.0 Å². The summed E-state index contributed by atoms with van der Waals surface area (Å²) in [5.74, 6) is -0.799. The van der Waals surface area contributed by atoms with Gasteiger partial charge in [-0.05, 0) is 41.5 Å². The van der Waals surface area contributed by atoms with E-state index >= 15 is 0 Å². The van der Waals surface area contributed by atoms with E-state index in [0.29, 0.717) is 5.56 Å². The fraction of sp³-hybridized carbons (Fsp3) is 0.222. The van der Waals surface area contributed by atoms with E-state index in [2.05, 4.69) is 4.74 Å². The number of rotatable bonds is 7. The van der Waals surface area contributed by atoms with Gasteiger partial charge in [-0.3, -0.25) is 9.10 Å². The molecule has 0 fully saturated rings. The molecule has 13 heteroatoms.